The van der Waals surface area contributed by atoms with Crippen LogP contribution in [0.5, 0.6) is 0 Å². The molecular formula is C22H22N4O3. The molecule has 148 valence electrons. The highest BCUT2D eigenvalue weighted by atomic mass is 16.2. The molecule has 7 heteroatoms. The molecule has 29 heavy (non-hydrogen) atoms. The molecule has 0 saturated carbocycles. The Labute approximate surface area is 168 Å². The maximum Gasteiger partial charge on any atom is 0.255 e. The lowest BCUT2D eigenvalue weighted by Crippen LogP contribution is -2.52. The second-order valence-corrected chi connectivity index (χ2v) is 7.75. The predicted octanol–water partition coefficient (Wildman–Crippen LogP) is 2.03. The standard InChI is InChI=1S/C22H22N4O3/c27-20-7-6-19(21(28)25-20)26-12-14-10-13(4-5-15(14)22(26)29)11-24-18-3-1-2-17-16(18)8-9-23-17/h1-5,10,19,23-24H,6-9,11-12H2,(H,25,27,28). The van der Waals surface area contributed by atoms with Crippen molar-refractivity contribution in [2.75, 3.05) is 17.2 Å². The molecule has 3 aliphatic heterocycles. The molecule has 0 aliphatic carbocycles. The van der Waals surface area contributed by atoms with Gasteiger partial charge in [0.05, 0.1) is 0 Å². The molecule has 5 rings (SSSR count). The third-order valence-corrected chi connectivity index (χ3v) is 5.94. The van der Waals surface area contributed by atoms with Crippen molar-refractivity contribution in [3.05, 3.63) is 58.7 Å². The van der Waals surface area contributed by atoms with Crippen LogP contribution in [0.15, 0.2) is 36.4 Å². The minimum absolute atomic E-state index is 0.138. The summed E-state index contributed by atoms with van der Waals surface area (Å²) in [6, 6.07) is 11.5. The molecule has 3 N–H and O–H groups in total. The molecule has 1 saturated heterocycles. The van der Waals surface area contributed by atoms with Crippen LogP contribution in [0.1, 0.15) is 39.9 Å². The zero-order valence-corrected chi connectivity index (χ0v) is 16.0. The Morgan fingerprint density at radius 1 is 1.10 bits per heavy atom. The summed E-state index contributed by atoms with van der Waals surface area (Å²) in [7, 11) is 0. The minimum Gasteiger partial charge on any atom is -0.384 e. The predicted molar refractivity (Wildman–Crippen MR) is 108 cm³/mol. The fraction of sp³-hybridized carbons (Fsp3) is 0.318. The van der Waals surface area contributed by atoms with Gasteiger partial charge in [0, 0.05) is 48.6 Å². The van der Waals surface area contributed by atoms with E-state index >= 15 is 0 Å². The number of hydrogen-bond donors (Lipinski definition) is 3. The summed E-state index contributed by atoms with van der Waals surface area (Å²) in [4.78, 5) is 37.9. The highest BCUT2D eigenvalue weighted by molar-refractivity contribution is 6.05. The topological polar surface area (TPSA) is 90.5 Å². The van der Waals surface area contributed by atoms with E-state index in [-0.39, 0.29) is 24.1 Å². The maximum atomic E-state index is 12.8. The smallest absolute Gasteiger partial charge is 0.255 e. The van der Waals surface area contributed by atoms with E-state index in [0.29, 0.717) is 25.1 Å². The summed E-state index contributed by atoms with van der Waals surface area (Å²) in [5, 5.41) is 9.23. The van der Waals surface area contributed by atoms with Gasteiger partial charge in [0.2, 0.25) is 11.8 Å². The number of carbonyl (C=O) groups is 3. The molecule has 1 atom stereocenters. The summed E-state index contributed by atoms with van der Waals surface area (Å²) < 4.78 is 0. The van der Waals surface area contributed by atoms with Gasteiger partial charge in [0.1, 0.15) is 6.04 Å². The van der Waals surface area contributed by atoms with E-state index in [4.69, 9.17) is 0 Å². The van der Waals surface area contributed by atoms with Crippen LogP contribution in [0.2, 0.25) is 0 Å². The van der Waals surface area contributed by atoms with E-state index in [1.54, 1.807) is 4.90 Å². The van der Waals surface area contributed by atoms with Crippen LogP contribution in [0.4, 0.5) is 11.4 Å². The van der Waals surface area contributed by atoms with Crippen LogP contribution >= 0.6 is 0 Å². The molecule has 0 bridgehead atoms. The number of nitrogens with zero attached hydrogens (tertiary/aromatic N) is 1. The van der Waals surface area contributed by atoms with Crippen LogP contribution in [0.25, 0.3) is 0 Å². The summed E-state index contributed by atoms with van der Waals surface area (Å²) in [6.45, 7) is 2.03. The second kappa shape index (κ2) is 6.92. The van der Waals surface area contributed by atoms with E-state index in [1.807, 2.05) is 24.3 Å². The van der Waals surface area contributed by atoms with Gasteiger partial charge in [-0.15, -0.1) is 0 Å². The van der Waals surface area contributed by atoms with E-state index in [1.165, 1.54) is 11.3 Å². The van der Waals surface area contributed by atoms with Gasteiger partial charge in [-0.3, -0.25) is 19.7 Å². The van der Waals surface area contributed by atoms with Gasteiger partial charge in [-0.1, -0.05) is 18.2 Å². The molecule has 2 aromatic rings. The first kappa shape index (κ1) is 17.7. The number of imide groups is 1. The van der Waals surface area contributed by atoms with Crippen LogP contribution in [0, 0.1) is 0 Å². The van der Waals surface area contributed by atoms with Gasteiger partial charge in [0.15, 0.2) is 0 Å². The van der Waals surface area contributed by atoms with Crippen molar-refractivity contribution in [3.8, 4) is 0 Å². The number of amides is 3. The van der Waals surface area contributed by atoms with Crippen LogP contribution < -0.4 is 16.0 Å². The summed E-state index contributed by atoms with van der Waals surface area (Å²) >= 11 is 0. The molecule has 7 nitrogen and oxygen atoms in total. The Kier molecular flexibility index (Phi) is 4.23. The summed E-state index contributed by atoms with van der Waals surface area (Å²) in [6.07, 6.45) is 1.66. The van der Waals surface area contributed by atoms with E-state index < -0.39 is 6.04 Å². The van der Waals surface area contributed by atoms with Crippen molar-refractivity contribution in [3.63, 3.8) is 0 Å². The molecule has 0 radical (unpaired) electrons. The van der Waals surface area contributed by atoms with Gasteiger partial charge in [-0.2, -0.15) is 0 Å². The quantitative estimate of drug-likeness (QED) is 0.695. The van der Waals surface area contributed by atoms with Crippen LogP contribution in [-0.4, -0.2) is 35.2 Å². The number of piperidine rings is 1. The third-order valence-electron chi connectivity index (χ3n) is 5.94. The highest BCUT2D eigenvalue weighted by Crippen LogP contribution is 2.31. The SMILES string of the molecule is O=C1CCC(N2Cc3cc(CNc4cccc5c4CCN5)ccc3C2=O)C(=O)N1. The van der Waals surface area contributed by atoms with Crippen LogP contribution in [0.3, 0.4) is 0 Å². The molecule has 3 aliphatic rings. The molecule has 1 fully saturated rings. The van der Waals surface area contributed by atoms with Crippen molar-refractivity contribution in [2.45, 2.75) is 38.4 Å². The lowest BCUT2D eigenvalue weighted by molar-refractivity contribution is -0.136. The van der Waals surface area contributed by atoms with Gasteiger partial charge < -0.3 is 15.5 Å². The molecule has 1 unspecified atom stereocenters. The number of fused-ring (bicyclic) bond motifs is 2. The molecule has 3 heterocycles. The molecule has 0 spiro atoms. The Balaban J connectivity index is 1.31. The average molecular weight is 390 g/mol. The molecule has 3 amide bonds. The van der Waals surface area contributed by atoms with Crippen LogP contribution in [-0.2, 0) is 29.1 Å². The summed E-state index contributed by atoms with van der Waals surface area (Å²) in [5.41, 5.74) is 6.30. The fourth-order valence-electron chi connectivity index (χ4n) is 4.44. The zero-order chi connectivity index (χ0) is 20.0. The van der Waals surface area contributed by atoms with Gasteiger partial charge in [-0.05, 0) is 42.2 Å². The number of carbonyl (C=O) groups excluding carboxylic acids is 3. The minimum atomic E-state index is -0.575. The first-order chi connectivity index (χ1) is 14.1. The molecule has 0 aromatic heterocycles. The number of rotatable bonds is 4. The molecule has 2 aromatic carbocycles. The summed E-state index contributed by atoms with van der Waals surface area (Å²) in [5.74, 6) is -0.789. The lowest BCUT2D eigenvalue weighted by atomic mass is 10.0. The van der Waals surface area contributed by atoms with E-state index in [9.17, 15) is 14.4 Å². The number of benzene rings is 2. The lowest BCUT2D eigenvalue weighted by Gasteiger charge is -2.29. The second-order valence-electron chi connectivity index (χ2n) is 7.75. The number of hydrogen-bond acceptors (Lipinski definition) is 5. The van der Waals surface area contributed by atoms with Gasteiger partial charge in [0.25, 0.3) is 5.91 Å². The third kappa shape index (κ3) is 3.12. The van der Waals surface area contributed by atoms with E-state index in [2.05, 4.69) is 28.1 Å². The van der Waals surface area contributed by atoms with Crippen molar-refractivity contribution >= 4 is 29.1 Å². The number of nitrogens with one attached hydrogen (secondary N) is 3. The monoisotopic (exact) mass is 390 g/mol. The first-order valence-electron chi connectivity index (χ1n) is 9.96. The van der Waals surface area contributed by atoms with Gasteiger partial charge >= 0.3 is 0 Å². The van der Waals surface area contributed by atoms with E-state index in [0.717, 1.165) is 29.8 Å². The number of anilines is 2. The van der Waals surface area contributed by atoms with Crippen molar-refractivity contribution in [1.29, 1.82) is 0 Å². The normalized spacial score (nSPS) is 20.2. The first-order valence-corrected chi connectivity index (χ1v) is 9.96. The molecular weight excluding hydrogens is 368 g/mol. The fourth-order valence-corrected chi connectivity index (χ4v) is 4.44. The van der Waals surface area contributed by atoms with Crippen molar-refractivity contribution < 1.29 is 14.4 Å². The largest absolute Gasteiger partial charge is 0.384 e. The maximum absolute atomic E-state index is 12.8. The Morgan fingerprint density at radius 2 is 2.00 bits per heavy atom. The highest BCUT2D eigenvalue weighted by Gasteiger charge is 2.39. The van der Waals surface area contributed by atoms with Crippen molar-refractivity contribution in [1.82, 2.24) is 10.2 Å². The zero-order valence-electron chi connectivity index (χ0n) is 16.0. The Morgan fingerprint density at radius 3 is 2.86 bits per heavy atom. The van der Waals surface area contributed by atoms with Gasteiger partial charge in [-0.25, -0.2) is 0 Å². The average Bonchev–Trinajstić information content (AvgIpc) is 3.31. The Bertz CT molecular complexity index is 1030. The Hall–Kier alpha value is -3.35. The van der Waals surface area contributed by atoms with Crippen molar-refractivity contribution in [2.24, 2.45) is 0 Å².